The van der Waals surface area contributed by atoms with Crippen molar-refractivity contribution in [1.29, 1.82) is 0 Å². The first-order valence-corrected chi connectivity index (χ1v) is 5.63. The minimum atomic E-state index is -0.854. The van der Waals surface area contributed by atoms with Gasteiger partial charge < -0.3 is 10.5 Å². The van der Waals surface area contributed by atoms with E-state index >= 15 is 0 Å². The molecule has 104 valence electrons. The first-order valence-electron chi connectivity index (χ1n) is 5.63. The number of nitrogens with two attached hydrogens (primary N) is 1. The quantitative estimate of drug-likeness (QED) is 0.695. The van der Waals surface area contributed by atoms with E-state index < -0.39 is 30.0 Å². The number of ether oxygens (including phenoxy) is 1. The number of esters is 1. The summed E-state index contributed by atoms with van der Waals surface area (Å²) in [5.41, 5.74) is 5.01. The summed E-state index contributed by atoms with van der Waals surface area (Å²) in [4.78, 5) is 11.6. The second kappa shape index (κ2) is 5.64. The second-order valence-corrected chi connectivity index (χ2v) is 4.05. The van der Waals surface area contributed by atoms with Gasteiger partial charge in [0.15, 0.2) is 0 Å². The van der Waals surface area contributed by atoms with Crippen molar-refractivity contribution in [3.05, 3.63) is 65.0 Å². The van der Waals surface area contributed by atoms with Crippen molar-refractivity contribution in [2.24, 2.45) is 0 Å². The first kappa shape index (κ1) is 13.9. The fourth-order valence-electron chi connectivity index (χ4n) is 1.53. The van der Waals surface area contributed by atoms with Gasteiger partial charge in [0.1, 0.15) is 24.1 Å². The van der Waals surface area contributed by atoms with Crippen LogP contribution in [-0.4, -0.2) is 5.97 Å². The summed E-state index contributed by atoms with van der Waals surface area (Å²) >= 11 is 0. The summed E-state index contributed by atoms with van der Waals surface area (Å²) in [7, 11) is 0. The number of carbonyl (C=O) groups is 1. The average molecular weight is 281 g/mol. The van der Waals surface area contributed by atoms with Crippen LogP contribution in [0.5, 0.6) is 0 Å². The van der Waals surface area contributed by atoms with Gasteiger partial charge in [0, 0.05) is 5.56 Å². The van der Waals surface area contributed by atoms with Gasteiger partial charge in [0.05, 0.1) is 11.3 Å². The molecule has 0 amide bonds. The SMILES string of the molecule is Nc1ccc(C(=O)OCc2cc(F)ccc2F)cc1F. The van der Waals surface area contributed by atoms with Gasteiger partial charge in [0.2, 0.25) is 0 Å². The molecule has 3 nitrogen and oxygen atoms in total. The van der Waals surface area contributed by atoms with E-state index in [1.165, 1.54) is 12.1 Å². The molecule has 0 aromatic heterocycles. The Bertz CT molecular complexity index is 659. The van der Waals surface area contributed by atoms with Crippen molar-refractivity contribution in [2.75, 3.05) is 5.73 Å². The number of hydrogen-bond acceptors (Lipinski definition) is 3. The van der Waals surface area contributed by atoms with Crippen LogP contribution in [0.25, 0.3) is 0 Å². The fourth-order valence-corrected chi connectivity index (χ4v) is 1.53. The van der Waals surface area contributed by atoms with Gasteiger partial charge in [0.25, 0.3) is 0 Å². The third-order valence-electron chi connectivity index (χ3n) is 2.60. The van der Waals surface area contributed by atoms with Crippen LogP contribution >= 0.6 is 0 Å². The maximum absolute atomic E-state index is 13.3. The molecular weight excluding hydrogens is 271 g/mol. The van der Waals surface area contributed by atoms with Crippen LogP contribution in [0.2, 0.25) is 0 Å². The smallest absolute Gasteiger partial charge is 0.338 e. The number of halogens is 3. The number of nitrogen functional groups attached to an aromatic ring is 1. The Kier molecular flexibility index (Phi) is 3.93. The minimum Gasteiger partial charge on any atom is -0.457 e. The molecule has 6 heteroatoms. The molecule has 0 aliphatic carbocycles. The standard InChI is InChI=1S/C14H10F3NO2/c15-10-2-3-11(16)9(5-10)7-20-14(19)8-1-4-13(18)12(17)6-8/h1-6H,7,18H2. The molecule has 2 N–H and O–H groups in total. The zero-order valence-electron chi connectivity index (χ0n) is 10.2. The molecule has 0 radical (unpaired) electrons. The zero-order chi connectivity index (χ0) is 14.7. The first-order chi connectivity index (χ1) is 9.47. The van der Waals surface area contributed by atoms with Crippen LogP contribution < -0.4 is 5.73 Å². The molecule has 0 saturated heterocycles. The van der Waals surface area contributed by atoms with Gasteiger partial charge in [-0.25, -0.2) is 18.0 Å². The predicted octanol–water partition coefficient (Wildman–Crippen LogP) is 3.04. The topological polar surface area (TPSA) is 52.3 Å². The van der Waals surface area contributed by atoms with Crippen molar-refractivity contribution in [1.82, 2.24) is 0 Å². The lowest BCUT2D eigenvalue weighted by Gasteiger charge is -2.07. The van der Waals surface area contributed by atoms with E-state index in [1.54, 1.807) is 0 Å². The Morgan fingerprint density at radius 3 is 2.50 bits per heavy atom. The van der Waals surface area contributed by atoms with Crippen molar-refractivity contribution in [2.45, 2.75) is 6.61 Å². The van der Waals surface area contributed by atoms with Crippen molar-refractivity contribution >= 4 is 11.7 Å². The van der Waals surface area contributed by atoms with Gasteiger partial charge in [-0.3, -0.25) is 0 Å². The van der Waals surface area contributed by atoms with E-state index in [4.69, 9.17) is 10.5 Å². The molecule has 2 aromatic rings. The molecule has 0 bridgehead atoms. The van der Waals surface area contributed by atoms with Crippen molar-refractivity contribution in [3.8, 4) is 0 Å². The Labute approximate surface area is 112 Å². The summed E-state index contributed by atoms with van der Waals surface area (Å²) in [6, 6.07) is 6.22. The molecule has 0 spiro atoms. The molecule has 0 saturated carbocycles. The number of anilines is 1. The lowest BCUT2D eigenvalue weighted by atomic mass is 10.2. The highest BCUT2D eigenvalue weighted by Crippen LogP contribution is 2.15. The summed E-state index contributed by atoms with van der Waals surface area (Å²) in [5.74, 6) is -2.94. The van der Waals surface area contributed by atoms with Gasteiger partial charge in [-0.05, 0) is 36.4 Å². The Morgan fingerprint density at radius 1 is 1.05 bits per heavy atom. The second-order valence-electron chi connectivity index (χ2n) is 4.05. The molecule has 2 rings (SSSR count). The van der Waals surface area contributed by atoms with E-state index in [0.717, 1.165) is 24.3 Å². The van der Waals surface area contributed by atoms with Crippen LogP contribution in [-0.2, 0) is 11.3 Å². The molecule has 2 aromatic carbocycles. The van der Waals surface area contributed by atoms with E-state index in [1.807, 2.05) is 0 Å². The summed E-state index contributed by atoms with van der Waals surface area (Å²) in [6.45, 7) is -0.450. The van der Waals surface area contributed by atoms with Gasteiger partial charge in [-0.2, -0.15) is 0 Å². The number of hydrogen-bond donors (Lipinski definition) is 1. The van der Waals surface area contributed by atoms with E-state index in [2.05, 4.69) is 0 Å². The zero-order valence-corrected chi connectivity index (χ0v) is 10.2. The van der Waals surface area contributed by atoms with Crippen LogP contribution in [0.4, 0.5) is 18.9 Å². The number of carbonyl (C=O) groups excluding carboxylic acids is 1. The Morgan fingerprint density at radius 2 is 1.80 bits per heavy atom. The molecule has 0 aliphatic heterocycles. The predicted molar refractivity (Wildman–Crippen MR) is 66.3 cm³/mol. The summed E-state index contributed by atoms with van der Waals surface area (Å²) in [5, 5.41) is 0. The highest BCUT2D eigenvalue weighted by Gasteiger charge is 2.12. The minimum absolute atomic E-state index is 0.0616. The Hall–Kier alpha value is -2.50. The average Bonchev–Trinajstić information content (AvgIpc) is 2.42. The highest BCUT2D eigenvalue weighted by atomic mass is 19.1. The monoisotopic (exact) mass is 281 g/mol. The maximum atomic E-state index is 13.3. The fraction of sp³-hybridized carbons (Fsp3) is 0.0714. The van der Waals surface area contributed by atoms with Crippen LogP contribution in [0.15, 0.2) is 36.4 Å². The molecule has 0 atom stereocenters. The Balaban J connectivity index is 2.08. The van der Waals surface area contributed by atoms with E-state index in [0.29, 0.717) is 0 Å². The van der Waals surface area contributed by atoms with Gasteiger partial charge >= 0.3 is 5.97 Å². The van der Waals surface area contributed by atoms with E-state index in [-0.39, 0.29) is 16.8 Å². The normalized spacial score (nSPS) is 10.3. The summed E-state index contributed by atoms with van der Waals surface area (Å²) < 4.78 is 44.2. The largest absolute Gasteiger partial charge is 0.457 e. The number of benzene rings is 2. The van der Waals surface area contributed by atoms with E-state index in [9.17, 15) is 18.0 Å². The van der Waals surface area contributed by atoms with Crippen molar-refractivity contribution < 1.29 is 22.7 Å². The third-order valence-corrected chi connectivity index (χ3v) is 2.60. The van der Waals surface area contributed by atoms with Crippen LogP contribution in [0.3, 0.4) is 0 Å². The third kappa shape index (κ3) is 3.09. The lowest BCUT2D eigenvalue weighted by Crippen LogP contribution is -2.07. The summed E-state index contributed by atoms with van der Waals surface area (Å²) in [6.07, 6.45) is 0. The van der Waals surface area contributed by atoms with Crippen LogP contribution in [0, 0.1) is 17.5 Å². The lowest BCUT2D eigenvalue weighted by molar-refractivity contribution is 0.0468. The molecule has 20 heavy (non-hydrogen) atoms. The molecule has 0 unspecified atom stereocenters. The van der Waals surface area contributed by atoms with Gasteiger partial charge in [-0.15, -0.1) is 0 Å². The molecule has 0 aliphatic rings. The highest BCUT2D eigenvalue weighted by molar-refractivity contribution is 5.89. The van der Waals surface area contributed by atoms with Crippen molar-refractivity contribution in [3.63, 3.8) is 0 Å². The van der Waals surface area contributed by atoms with Gasteiger partial charge in [-0.1, -0.05) is 0 Å². The van der Waals surface area contributed by atoms with Crippen LogP contribution in [0.1, 0.15) is 15.9 Å². The maximum Gasteiger partial charge on any atom is 0.338 e. The molecule has 0 fully saturated rings. The molecule has 0 heterocycles. The molecular formula is C14H10F3NO2. The number of rotatable bonds is 3.